The summed E-state index contributed by atoms with van der Waals surface area (Å²) in [5.74, 6) is -0.963. The zero-order valence-corrected chi connectivity index (χ0v) is 17.0. The van der Waals surface area contributed by atoms with Gasteiger partial charge < -0.3 is 10.4 Å². The summed E-state index contributed by atoms with van der Waals surface area (Å²) in [6.07, 6.45) is 0.639. The number of ketones is 1. The van der Waals surface area contributed by atoms with Gasteiger partial charge in [-0.15, -0.1) is 0 Å². The average molecular weight is 395 g/mol. The third-order valence-electron chi connectivity index (χ3n) is 5.77. The first-order chi connectivity index (χ1) is 14.1. The minimum Gasteiger partial charge on any atom is -0.481 e. The lowest BCUT2D eigenvalue weighted by atomic mass is 9.88. The Labute approximate surface area is 172 Å². The quantitative estimate of drug-likeness (QED) is 0.637. The van der Waals surface area contributed by atoms with Crippen LogP contribution in [-0.2, 0) is 9.59 Å². The molecule has 1 fully saturated rings. The molecule has 1 aliphatic heterocycles. The lowest BCUT2D eigenvalue weighted by Crippen LogP contribution is -2.55. The van der Waals surface area contributed by atoms with E-state index in [9.17, 15) is 9.59 Å². The monoisotopic (exact) mass is 394 g/mol. The number of carboxylic acids is 1. The molecule has 0 radical (unpaired) electrons. The van der Waals surface area contributed by atoms with E-state index in [0.717, 1.165) is 19.6 Å². The SMILES string of the molecule is CC(CCC(=O)CC(=O)O)C1CNCCN1C(c1ccccc1)c1ccccc1. The van der Waals surface area contributed by atoms with Gasteiger partial charge in [-0.3, -0.25) is 14.5 Å². The number of aliphatic carboxylic acids is 1. The van der Waals surface area contributed by atoms with Crippen LogP contribution in [0, 0.1) is 5.92 Å². The minimum absolute atomic E-state index is 0.154. The van der Waals surface area contributed by atoms with Crippen LogP contribution in [0.3, 0.4) is 0 Å². The number of hydrogen-bond acceptors (Lipinski definition) is 4. The fourth-order valence-corrected chi connectivity index (χ4v) is 4.27. The molecule has 2 N–H and O–H groups in total. The Bertz CT molecular complexity index is 755. The van der Waals surface area contributed by atoms with Gasteiger partial charge in [0.25, 0.3) is 0 Å². The molecule has 1 saturated heterocycles. The van der Waals surface area contributed by atoms with Crippen LogP contribution in [-0.4, -0.2) is 47.4 Å². The zero-order valence-electron chi connectivity index (χ0n) is 17.0. The third kappa shape index (κ3) is 5.75. The van der Waals surface area contributed by atoms with E-state index < -0.39 is 5.97 Å². The van der Waals surface area contributed by atoms with Crippen molar-refractivity contribution in [2.45, 2.75) is 38.3 Å². The maximum Gasteiger partial charge on any atom is 0.310 e. The molecule has 0 saturated carbocycles. The number of nitrogens with one attached hydrogen (secondary N) is 1. The summed E-state index contributed by atoms with van der Waals surface area (Å²) >= 11 is 0. The summed E-state index contributed by atoms with van der Waals surface area (Å²) in [7, 11) is 0. The van der Waals surface area contributed by atoms with Gasteiger partial charge in [-0.1, -0.05) is 67.6 Å². The number of piperazine rings is 1. The van der Waals surface area contributed by atoms with Crippen molar-refractivity contribution in [1.82, 2.24) is 10.2 Å². The Morgan fingerprint density at radius 1 is 1.07 bits per heavy atom. The van der Waals surface area contributed by atoms with E-state index in [0.29, 0.717) is 12.8 Å². The molecule has 0 bridgehead atoms. The third-order valence-corrected chi connectivity index (χ3v) is 5.77. The van der Waals surface area contributed by atoms with Crippen molar-refractivity contribution in [2.24, 2.45) is 5.92 Å². The Hall–Kier alpha value is -2.50. The first kappa shape index (κ1) is 21.2. The molecule has 2 atom stereocenters. The summed E-state index contributed by atoms with van der Waals surface area (Å²) in [5.41, 5.74) is 2.53. The van der Waals surface area contributed by atoms with Crippen LogP contribution in [0.15, 0.2) is 60.7 Å². The molecule has 0 spiro atoms. The second-order valence-corrected chi connectivity index (χ2v) is 7.86. The number of carboxylic acid groups (broad SMARTS) is 1. The molecule has 3 rings (SSSR count). The first-order valence-electron chi connectivity index (χ1n) is 10.4. The molecular weight excluding hydrogens is 364 g/mol. The zero-order chi connectivity index (χ0) is 20.6. The van der Waals surface area contributed by atoms with Crippen LogP contribution in [0.1, 0.15) is 43.4 Å². The molecule has 1 heterocycles. The van der Waals surface area contributed by atoms with Crippen molar-refractivity contribution >= 4 is 11.8 Å². The van der Waals surface area contributed by atoms with Crippen LogP contribution in [0.4, 0.5) is 0 Å². The highest BCUT2D eigenvalue weighted by Gasteiger charge is 2.33. The topological polar surface area (TPSA) is 69.6 Å². The van der Waals surface area contributed by atoms with Gasteiger partial charge in [0.1, 0.15) is 12.2 Å². The van der Waals surface area contributed by atoms with E-state index in [-0.39, 0.29) is 30.2 Å². The van der Waals surface area contributed by atoms with Crippen LogP contribution in [0.25, 0.3) is 0 Å². The van der Waals surface area contributed by atoms with Gasteiger partial charge in [-0.05, 0) is 23.5 Å². The van der Waals surface area contributed by atoms with Gasteiger partial charge in [0.2, 0.25) is 0 Å². The van der Waals surface area contributed by atoms with Crippen LogP contribution < -0.4 is 5.32 Å². The Morgan fingerprint density at radius 3 is 2.21 bits per heavy atom. The molecule has 5 heteroatoms. The highest BCUT2D eigenvalue weighted by molar-refractivity contribution is 5.94. The van der Waals surface area contributed by atoms with Gasteiger partial charge in [-0.2, -0.15) is 0 Å². The van der Waals surface area contributed by atoms with Crippen molar-refractivity contribution in [1.29, 1.82) is 0 Å². The Morgan fingerprint density at radius 2 is 1.66 bits per heavy atom. The predicted octanol–water partition coefficient (Wildman–Crippen LogP) is 3.51. The Kier molecular flexibility index (Phi) is 7.55. The lowest BCUT2D eigenvalue weighted by molar-refractivity contribution is -0.140. The summed E-state index contributed by atoms with van der Waals surface area (Å²) in [5, 5.41) is 12.3. The molecule has 2 aromatic carbocycles. The smallest absolute Gasteiger partial charge is 0.310 e. The van der Waals surface area contributed by atoms with E-state index in [1.807, 2.05) is 12.1 Å². The van der Waals surface area contributed by atoms with Crippen molar-refractivity contribution < 1.29 is 14.7 Å². The van der Waals surface area contributed by atoms with Gasteiger partial charge in [-0.25, -0.2) is 0 Å². The molecule has 0 amide bonds. The van der Waals surface area contributed by atoms with Crippen molar-refractivity contribution in [3.05, 3.63) is 71.8 Å². The predicted molar refractivity (Wildman–Crippen MR) is 114 cm³/mol. The van der Waals surface area contributed by atoms with E-state index in [1.54, 1.807) is 0 Å². The van der Waals surface area contributed by atoms with Crippen LogP contribution in [0.5, 0.6) is 0 Å². The van der Waals surface area contributed by atoms with Gasteiger partial charge in [0.15, 0.2) is 0 Å². The number of rotatable bonds is 9. The number of nitrogens with zero attached hydrogens (tertiary/aromatic N) is 1. The molecule has 0 aromatic heterocycles. The molecule has 2 aromatic rings. The maximum absolute atomic E-state index is 11.9. The highest BCUT2D eigenvalue weighted by Crippen LogP contribution is 2.33. The molecular formula is C24H30N2O3. The second kappa shape index (κ2) is 10.3. The fourth-order valence-electron chi connectivity index (χ4n) is 4.27. The normalized spacial score (nSPS) is 18.5. The molecule has 29 heavy (non-hydrogen) atoms. The summed E-state index contributed by atoms with van der Waals surface area (Å²) in [6, 6.07) is 21.5. The minimum atomic E-state index is -1.04. The van der Waals surface area contributed by atoms with E-state index in [1.165, 1.54) is 11.1 Å². The molecule has 1 aliphatic rings. The summed E-state index contributed by atoms with van der Waals surface area (Å²) < 4.78 is 0. The number of carbonyl (C=O) groups excluding carboxylic acids is 1. The van der Waals surface area contributed by atoms with E-state index >= 15 is 0 Å². The fraction of sp³-hybridized carbons (Fsp3) is 0.417. The number of hydrogen-bond donors (Lipinski definition) is 2. The molecule has 154 valence electrons. The summed E-state index contributed by atoms with van der Waals surface area (Å²) in [4.78, 5) is 25.2. The highest BCUT2D eigenvalue weighted by atomic mass is 16.4. The molecule has 5 nitrogen and oxygen atoms in total. The average Bonchev–Trinajstić information content (AvgIpc) is 2.74. The van der Waals surface area contributed by atoms with Crippen LogP contribution >= 0.6 is 0 Å². The van der Waals surface area contributed by atoms with Crippen molar-refractivity contribution in [2.75, 3.05) is 19.6 Å². The van der Waals surface area contributed by atoms with Gasteiger partial charge in [0, 0.05) is 32.1 Å². The molecule has 2 unspecified atom stereocenters. The second-order valence-electron chi connectivity index (χ2n) is 7.86. The largest absolute Gasteiger partial charge is 0.481 e. The van der Waals surface area contributed by atoms with Crippen molar-refractivity contribution in [3.63, 3.8) is 0 Å². The Balaban J connectivity index is 1.81. The first-order valence-corrected chi connectivity index (χ1v) is 10.4. The standard InChI is InChI=1S/C24H30N2O3/c1-18(12-13-21(27)16-23(28)29)22-17-25-14-15-26(22)24(19-8-4-2-5-9-19)20-10-6-3-7-11-20/h2-11,18,22,24-25H,12-17H2,1H3,(H,28,29). The number of Topliss-reactive ketones (excluding diaryl/α,β-unsaturated/α-hetero) is 1. The van der Waals surface area contributed by atoms with E-state index in [2.05, 4.69) is 65.7 Å². The number of carbonyl (C=O) groups is 2. The maximum atomic E-state index is 11.9. The van der Waals surface area contributed by atoms with Crippen LogP contribution in [0.2, 0.25) is 0 Å². The lowest BCUT2D eigenvalue weighted by Gasteiger charge is -2.44. The number of benzene rings is 2. The van der Waals surface area contributed by atoms with Gasteiger partial charge in [0.05, 0.1) is 6.04 Å². The van der Waals surface area contributed by atoms with Crippen molar-refractivity contribution in [3.8, 4) is 0 Å². The van der Waals surface area contributed by atoms with Gasteiger partial charge >= 0.3 is 5.97 Å². The summed E-state index contributed by atoms with van der Waals surface area (Å²) in [6.45, 7) is 4.89. The van der Waals surface area contributed by atoms with E-state index in [4.69, 9.17) is 5.11 Å². The molecule has 0 aliphatic carbocycles.